The van der Waals surface area contributed by atoms with E-state index in [1.165, 1.54) is 0 Å². The number of aryl methyl sites for hydroxylation is 1. The highest BCUT2D eigenvalue weighted by molar-refractivity contribution is 5.89. The van der Waals surface area contributed by atoms with Gasteiger partial charge in [-0.1, -0.05) is 12.1 Å². The maximum atomic E-state index is 12.5. The molecule has 2 fully saturated rings. The van der Waals surface area contributed by atoms with Gasteiger partial charge in [0.2, 0.25) is 0 Å². The van der Waals surface area contributed by atoms with E-state index in [0.717, 1.165) is 62.1 Å². The number of benzene rings is 1. The second-order valence-electron chi connectivity index (χ2n) is 7.15. The van der Waals surface area contributed by atoms with E-state index in [1.807, 2.05) is 36.1 Å². The van der Waals surface area contributed by atoms with E-state index in [2.05, 4.69) is 31.4 Å². The molecule has 0 bridgehead atoms. The molecule has 0 unspecified atom stereocenters. The number of hydrogen-bond acceptors (Lipinski definition) is 6. The highest BCUT2D eigenvalue weighted by atomic mass is 16.5. The maximum Gasteiger partial charge on any atom is 0.321 e. The number of nitrogens with zero attached hydrogens (tertiary/aromatic N) is 5. The van der Waals surface area contributed by atoms with Gasteiger partial charge in [-0.05, 0) is 24.6 Å². The quantitative estimate of drug-likeness (QED) is 0.875. The van der Waals surface area contributed by atoms with Crippen LogP contribution < -0.4 is 15.1 Å². The molecule has 148 valence electrons. The summed E-state index contributed by atoms with van der Waals surface area (Å²) in [5, 5.41) is 11.4. The first-order chi connectivity index (χ1) is 13.7. The molecule has 2 amide bonds. The number of carbonyl (C=O) groups excluding carboxylic acids is 1. The van der Waals surface area contributed by atoms with Crippen LogP contribution in [-0.4, -0.2) is 73.6 Å². The number of carbonyl (C=O) groups is 1. The van der Waals surface area contributed by atoms with Gasteiger partial charge in [0.25, 0.3) is 0 Å². The summed E-state index contributed by atoms with van der Waals surface area (Å²) in [4.78, 5) is 18.9. The molecule has 3 heterocycles. The van der Waals surface area contributed by atoms with E-state index in [1.54, 1.807) is 6.20 Å². The molecule has 2 aliphatic heterocycles. The van der Waals surface area contributed by atoms with Gasteiger partial charge in [-0.2, -0.15) is 5.10 Å². The zero-order chi connectivity index (χ0) is 19.3. The smallest absolute Gasteiger partial charge is 0.321 e. The first-order valence-corrected chi connectivity index (χ1v) is 9.72. The van der Waals surface area contributed by atoms with Crippen molar-refractivity contribution in [3.05, 3.63) is 42.1 Å². The minimum atomic E-state index is -0.0490. The first kappa shape index (κ1) is 18.5. The Kier molecular flexibility index (Phi) is 5.57. The molecular weight excluding hydrogens is 356 g/mol. The van der Waals surface area contributed by atoms with Crippen LogP contribution in [0.2, 0.25) is 0 Å². The molecule has 2 saturated heterocycles. The van der Waals surface area contributed by atoms with Crippen molar-refractivity contribution < 1.29 is 9.53 Å². The number of aromatic nitrogens is 2. The lowest BCUT2D eigenvalue weighted by atomic mass is 10.2. The lowest BCUT2D eigenvalue weighted by Gasteiger charge is -2.36. The summed E-state index contributed by atoms with van der Waals surface area (Å²) in [6, 6.07) is 9.89. The molecule has 0 aliphatic carbocycles. The molecule has 8 heteroatoms. The number of nitrogens with one attached hydrogen (secondary N) is 1. The number of urea groups is 1. The third-order valence-corrected chi connectivity index (χ3v) is 5.16. The summed E-state index contributed by atoms with van der Waals surface area (Å²) in [6.07, 6.45) is 1.80. The largest absolute Gasteiger partial charge is 0.378 e. The van der Waals surface area contributed by atoms with Gasteiger partial charge in [-0.15, -0.1) is 5.10 Å². The van der Waals surface area contributed by atoms with Crippen molar-refractivity contribution in [1.82, 2.24) is 15.1 Å². The second kappa shape index (κ2) is 8.43. The third kappa shape index (κ3) is 4.33. The Bertz CT molecular complexity index is 816. The summed E-state index contributed by atoms with van der Waals surface area (Å²) >= 11 is 0. The Morgan fingerprint density at radius 2 is 1.82 bits per heavy atom. The molecule has 0 radical (unpaired) electrons. The van der Waals surface area contributed by atoms with Crippen LogP contribution in [0.1, 0.15) is 5.56 Å². The molecular formula is C20H26N6O2. The number of anilines is 3. The third-order valence-electron chi connectivity index (χ3n) is 5.16. The minimum absolute atomic E-state index is 0.0490. The number of hydrogen-bond donors (Lipinski definition) is 1. The average molecular weight is 382 g/mol. The zero-order valence-corrected chi connectivity index (χ0v) is 16.2. The summed E-state index contributed by atoms with van der Waals surface area (Å²) in [5.74, 6) is 0.889. The maximum absolute atomic E-state index is 12.5. The van der Waals surface area contributed by atoms with Gasteiger partial charge in [-0.3, -0.25) is 0 Å². The van der Waals surface area contributed by atoms with Crippen LogP contribution in [-0.2, 0) is 4.74 Å². The van der Waals surface area contributed by atoms with Crippen LogP contribution in [0.4, 0.5) is 22.0 Å². The Balaban J connectivity index is 1.34. The Morgan fingerprint density at radius 1 is 1.04 bits per heavy atom. The van der Waals surface area contributed by atoms with Crippen molar-refractivity contribution in [3.63, 3.8) is 0 Å². The lowest BCUT2D eigenvalue weighted by molar-refractivity contribution is 0.122. The Morgan fingerprint density at radius 3 is 2.57 bits per heavy atom. The van der Waals surface area contributed by atoms with Gasteiger partial charge in [0.1, 0.15) is 0 Å². The van der Waals surface area contributed by atoms with E-state index in [9.17, 15) is 4.79 Å². The zero-order valence-electron chi connectivity index (χ0n) is 16.2. The molecule has 4 rings (SSSR count). The molecule has 8 nitrogen and oxygen atoms in total. The van der Waals surface area contributed by atoms with Crippen molar-refractivity contribution in [2.24, 2.45) is 0 Å². The molecule has 1 N–H and O–H groups in total. The standard InChI is InChI=1S/C20H26N6O2/c1-16-3-2-4-17(13-16)22-20(27)26-7-5-24(6-8-26)18-14-19(23-21-15-18)25-9-11-28-12-10-25/h2-4,13-15H,5-12H2,1H3,(H,22,27). The molecule has 1 aromatic heterocycles. The molecule has 0 atom stereocenters. The summed E-state index contributed by atoms with van der Waals surface area (Å²) < 4.78 is 5.41. The van der Waals surface area contributed by atoms with E-state index < -0.39 is 0 Å². The normalized spacial score (nSPS) is 17.5. The molecule has 2 aliphatic rings. The van der Waals surface area contributed by atoms with Crippen LogP contribution in [0.3, 0.4) is 0 Å². The first-order valence-electron chi connectivity index (χ1n) is 9.72. The van der Waals surface area contributed by atoms with Crippen LogP contribution in [0.15, 0.2) is 36.5 Å². The molecule has 0 spiro atoms. The van der Waals surface area contributed by atoms with Gasteiger partial charge in [-0.25, -0.2) is 4.79 Å². The van der Waals surface area contributed by atoms with E-state index in [4.69, 9.17) is 4.74 Å². The molecule has 0 saturated carbocycles. The average Bonchev–Trinajstić information content (AvgIpc) is 2.75. The van der Waals surface area contributed by atoms with Crippen molar-refractivity contribution in [2.45, 2.75) is 6.92 Å². The highest BCUT2D eigenvalue weighted by Crippen LogP contribution is 2.21. The second-order valence-corrected chi connectivity index (χ2v) is 7.15. The van der Waals surface area contributed by atoms with E-state index in [0.29, 0.717) is 13.1 Å². The van der Waals surface area contributed by atoms with Gasteiger partial charge >= 0.3 is 6.03 Å². The predicted molar refractivity (Wildman–Crippen MR) is 109 cm³/mol. The molecule has 1 aromatic carbocycles. The van der Waals surface area contributed by atoms with Crippen LogP contribution >= 0.6 is 0 Å². The predicted octanol–water partition coefficient (Wildman–Crippen LogP) is 1.98. The number of rotatable bonds is 3. The van der Waals surface area contributed by atoms with E-state index >= 15 is 0 Å². The topological polar surface area (TPSA) is 73.8 Å². The molecule has 28 heavy (non-hydrogen) atoms. The highest BCUT2D eigenvalue weighted by Gasteiger charge is 2.22. The Hall–Kier alpha value is -2.87. The fraction of sp³-hybridized carbons (Fsp3) is 0.450. The summed E-state index contributed by atoms with van der Waals surface area (Å²) in [5.41, 5.74) is 3.01. The summed E-state index contributed by atoms with van der Waals surface area (Å²) in [6.45, 7) is 8.03. The Labute approximate surface area is 165 Å². The number of ether oxygens (including phenoxy) is 1. The van der Waals surface area contributed by atoms with Gasteiger partial charge in [0.05, 0.1) is 25.1 Å². The van der Waals surface area contributed by atoms with Gasteiger partial charge in [0.15, 0.2) is 5.82 Å². The number of piperazine rings is 1. The molecule has 2 aromatic rings. The SMILES string of the molecule is Cc1cccc(NC(=O)N2CCN(c3cnnc(N4CCOCC4)c3)CC2)c1. The van der Waals surface area contributed by atoms with Crippen molar-refractivity contribution >= 4 is 23.2 Å². The number of morpholine rings is 1. The van der Waals surface area contributed by atoms with Gasteiger partial charge in [0, 0.05) is 51.0 Å². The fourth-order valence-electron chi connectivity index (χ4n) is 3.56. The van der Waals surface area contributed by atoms with Crippen LogP contribution in [0, 0.1) is 6.92 Å². The lowest BCUT2D eigenvalue weighted by Crippen LogP contribution is -2.50. The fourth-order valence-corrected chi connectivity index (χ4v) is 3.56. The van der Waals surface area contributed by atoms with Crippen LogP contribution in [0.5, 0.6) is 0 Å². The monoisotopic (exact) mass is 382 g/mol. The summed E-state index contributed by atoms with van der Waals surface area (Å²) in [7, 11) is 0. The van der Waals surface area contributed by atoms with Crippen molar-refractivity contribution in [3.8, 4) is 0 Å². The van der Waals surface area contributed by atoms with Gasteiger partial charge < -0.3 is 24.8 Å². The number of amides is 2. The van der Waals surface area contributed by atoms with E-state index in [-0.39, 0.29) is 6.03 Å². The van der Waals surface area contributed by atoms with Crippen molar-refractivity contribution in [2.75, 3.05) is 67.6 Å². The minimum Gasteiger partial charge on any atom is -0.378 e. The van der Waals surface area contributed by atoms with Crippen molar-refractivity contribution in [1.29, 1.82) is 0 Å². The van der Waals surface area contributed by atoms with Crippen LogP contribution in [0.25, 0.3) is 0 Å².